The highest BCUT2D eigenvalue weighted by atomic mass is 32.2. The van der Waals surface area contributed by atoms with E-state index in [0.29, 0.717) is 31.3 Å². The lowest BCUT2D eigenvalue weighted by Crippen LogP contribution is -2.12. The van der Waals surface area contributed by atoms with Gasteiger partial charge in [-0.15, -0.1) is 0 Å². The molecule has 0 radical (unpaired) electrons. The van der Waals surface area contributed by atoms with Crippen molar-refractivity contribution in [2.24, 2.45) is 0 Å². The molecule has 0 aliphatic rings. The molecule has 55 heavy (non-hydrogen) atoms. The minimum Gasteiger partial charge on any atom is -0.501 e. The Morgan fingerprint density at radius 1 is 0.455 bits per heavy atom. The van der Waals surface area contributed by atoms with E-state index in [-0.39, 0.29) is 54.2 Å². The molecule has 15 heteroatoms. The van der Waals surface area contributed by atoms with Crippen molar-refractivity contribution in [2.45, 2.75) is 19.6 Å². The first-order valence-corrected chi connectivity index (χ1v) is 19.9. The third-order valence-corrected chi connectivity index (χ3v) is 12.6. The van der Waals surface area contributed by atoms with E-state index in [9.17, 15) is 37.8 Å². The van der Waals surface area contributed by atoms with Crippen molar-refractivity contribution in [3.05, 3.63) is 143 Å². The van der Waals surface area contributed by atoms with Gasteiger partial charge in [-0.1, -0.05) is 96.7 Å². The molecule has 0 atom stereocenters. The summed E-state index contributed by atoms with van der Waals surface area (Å²) in [4.78, 5) is 6.20. The van der Waals surface area contributed by atoms with Crippen LogP contribution in [0.1, 0.15) is 0 Å². The quantitative estimate of drug-likeness (QED) is 0.110. The van der Waals surface area contributed by atoms with Gasteiger partial charge in [0.1, 0.15) is 9.79 Å². The number of benzene rings is 8. The van der Waals surface area contributed by atoms with E-state index < -0.39 is 31.7 Å². The molecule has 0 amide bonds. The van der Waals surface area contributed by atoms with Gasteiger partial charge in [-0.25, -0.2) is 0 Å². The second-order valence-corrected chi connectivity index (χ2v) is 16.3. The van der Waals surface area contributed by atoms with Crippen LogP contribution in [0, 0.1) is 10.8 Å². The number of phenolic OH excluding ortho intramolecular Hbond substituents is 2. The van der Waals surface area contributed by atoms with Crippen LogP contribution >= 0.6 is 11.8 Å². The zero-order valence-corrected chi connectivity index (χ0v) is 30.5. The van der Waals surface area contributed by atoms with E-state index in [2.05, 4.69) is 9.95 Å². The highest BCUT2D eigenvalue weighted by Gasteiger charge is 2.29. The zero-order chi connectivity index (χ0) is 38.5. The Morgan fingerprint density at radius 2 is 0.855 bits per heavy atom. The fourth-order valence-corrected chi connectivity index (χ4v) is 9.87. The molecule has 268 valence electrons. The van der Waals surface area contributed by atoms with Crippen molar-refractivity contribution < 1.29 is 35.4 Å². The van der Waals surface area contributed by atoms with Gasteiger partial charge in [0.05, 0.1) is 9.79 Å². The van der Waals surface area contributed by atoms with Crippen molar-refractivity contribution in [1.29, 1.82) is 10.8 Å². The van der Waals surface area contributed by atoms with Gasteiger partial charge in [0.25, 0.3) is 0 Å². The van der Waals surface area contributed by atoms with Gasteiger partial charge >= 0.3 is 31.6 Å². The van der Waals surface area contributed by atoms with E-state index in [1.54, 1.807) is 72.8 Å². The highest BCUT2D eigenvalue weighted by molar-refractivity contribution is 7.99. The van der Waals surface area contributed by atoms with E-state index in [1.807, 2.05) is 0 Å². The summed E-state index contributed by atoms with van der Waals surface area (Å²) >= 11 is 1.03. The first-order chi connectivity index (χ1) is 26.5. The second-order valence-electron chi connectivity index (χ2n) is 12.2. The molecule has 8 rings (SSSR count). The number of hydrogen-bond donors (Lipinski definition) is 2. The first-order valence-electron chi connectivity index (χ1n) is 16.3. The van der Waals surface area contributed by atoms with Crippen LogP contribution in [-0.2, 0) is 20.2 Å². The van der Waals surface area contributed by atoms with Crippen molar-refractivity contribution in [3.8, 4) is 23.0 Å². The lowest BCUT2D eigenvalue weighted by Gasteiger charge is -2.18. The lowest BCUT2D eigenvalue weighted by molar-refractivity contribution is 0.482. The third-order valence-electron chi connectivity index (χ3n) is 8.99. The van der Waals surface area contributed by atoms with Crippen LogP contribution in [0.25, 0.3) is 53.0 Å². The average molecular weight is 785 g/mol. The third kappa shape index (κ3) is 6.12. The molecule has 0 aromatic heterocycles. The molecule has 0 aliphatic heterocycles. The Kier molecular flexibility index (Phi) is 8.62. The molecule has 0 spiro atoms. The monoisotopic (exact) mass is 784 g/mol. The van der Waals surface area contributed by atoms with Crippen LogP contribution in [0.3, 0.4) is 0 Å². The molecule has 12 nitrogen and oxygen atoms in total. The Balaban J connectivity index is 1.26. The van der Waals surface area contributed by atoms with Crippen LogP contribution in [0.2, 0.25) is 0 Å². The lowest BCUT2D eigenvalue weighted by atomic mass is 10.1. The number of phenols is 2. The minimum absolute atomic E-state index is 0.0390. The van der Waals surface area contributed by atoms with Crippen molar-refractivity contribution >= 4 is 86.5 Å². The average Bonchev–Trinajstić information content (AvgIpc) is 3.19. The summed E-state index contributed by atoms with van der Waals surface area (Å²) in [6.07, 6.45) is 0. The molecule has 0 fully saturated rings. The van der Waals surface area contributed by atoms with E-state index in [1.165, 1.54) is 60.7 Å². The van der Waals surface area contributed by atoms with Gasteiger partial charge in [-0.2, -0.15) is 16.8 Å². The predicted molar refractivity (Wildman–Crippen MR) is 208 cm³/mol. The van der Waals surface area contributed by atoms with Crippen molar-refractivity contribution in [1.82, 2.24) is 0 Å². The summed E-state index contributed by atoms with van der Waals surface area (Å²) in [6, 6.07) is 34.7. The molecular weight excluding hydrogens is 761 g/mol. The van der Waals surface area contributed by atoms with E-state index in [0.717, 1.165) is 11.8 Å². The number of nitrogens with zero attached hydrogens (tertiary/aromatic N) is 4. The summed E-state index contributed by atoms with van der Waals surface area (Å²) < 4.78 is 68.6. The number of rotatable bonds is 8. The fourth-order valence-electron chi connectivity index (χ4n) is 6.41. The normalized spacial score (nSPS) is 11.7. The van der Waals surface area contributed by atoms with Gasteiger partial charge in [-0.3, -0.25) is 0 Å². The Bertz CT molecular complexity index is 3020. The molecule has 0 unspecified atom stereocenters. The topological polar surface area (TPSA) is 183 Å². The largest absolute Gasteiger partial charge is 0.501 e. The van der Waals surface area contributed by atoms with Crippen LogP contribution in [0.5, 0.6) is 23.0 Å². The summed E-state index contributed by atoms with van der Waals surface area (Å²) in [5.41, 5.74) is -0.284. The SMILES string of the molecule is N#[N+]c1ccc2c(S(=O)(=O)Oc3c(Sc4ccc5ccccc5c4OS(=O)(=O)c4cccc5c(O)c([N+]#N)ccc45)ccc4ccccc34)cccc2c1O. The number of hydrogen-bond acceptors (Lipinski definition) is 11. The first kappa shape index (κ1) is 35.1. The van der Waals surface area contributed by atoms with Gasteiger partial charge in [0, 0.05) is 44.5 Å². The Labute approximate surface area is 317 Å². The molecule has 0 saturated heterocycles. The molecular formula is C40H24N4O8S3+2. The maximum atomic E-state index is 14.2. The van der Waals surface area contributed by atoms with Crippen molar-refractivity contribution in [3.63, 3.8) is 0 Å². The number of aromatic hydroxyl groups is 2. The van der Waals surface area contributed by atoms with Crippen LogP contribution in [-0.4, -0.2) is 27.0 Å². The summed E-state index contributed by atoms with van der Waals surface area (Å²) in [5.74, 6) is -0.906. The second kappa shape index (κ2) is 13.5. The summed E-state index contributed by atoms with van der Waals surface area (Å²) in [7, 11) is -9.22. The van der Waals surface area contributed by atoms with E-state index >= 15 is 0 Å². The van der Waals surface area contributed by atoms with Crippen molar-refractivity contribution in [2.75, 3.05) is 0 Å². The molecule has 0 aliphatic carbocycles. The molecule has 8 aromatic carbocycles. The summed E-state index contributed by atoms with van der Waals surface area (Å²) in [5, 5.41) is 42.6. The molecule has 0 heterocycles. The van der Waals surface area contributed by atoms with Crippen LogP contribution in [0.4, 0.5) is 11.4 Å². The minimum atomic E-state index is -4.61. The van der Waals surface area contributed by atoms with E-state index in [4.69, 9.17) is 8.37 Å². The van der Waals surface area contributed by atoms with Gasteiger partial charge < -0.3 is 18.6 Å². The van der Waals surface area contributed by atoms with Gasteiger partial charge in [-0.05, 0) is 47.2 Å². The molecule has 0 saturated carbocycles. The number of diazo groups is 2. The summed E-state index contributed by atoms with van der Waals surface area (Å²) in [6.45, 7) is 0. The van der Waals surface area contributed by atoms with Crippen LogP contribution < -0.4 is 8.37 Å². The molecule has 8 aromatic rings. The molecule has 2 N–H and O–H groups in total. The maximum absolute atomic E-state index is 14.2. The Morgan fingerprint density at radius 3 is 1.27 bits per heavy atom. The standard InChI is InChI=1S/C40H22N4O8S3/c41-43-31-19-17-27-29(37(31)45)11-5-13-35(27)54(47,48)51-39-25-9-3-1-7-23(25)15-21-33(39)53-34-22-16-24-8-2-4-10-26(24)40(34)52-55(49,50)36-14-6-12-30-28(36)18-20-32(44-42)38(30)46/h1-22H/p+2. The molecule has 0 bridgehead atoms. The maximum Gasteiger partial charge on any atom is 0.426 e. The zero-order valence-electron chi connectivity index (χ0n) is 28.1. The number of fused-ring (bicyclic) bond motifs is 4. The van der Waals surface area contributed by atoms with Gasteiger partial charge in [0.2, 0.25) is 22.3 Å². The van der Waals surface area contributed by atoms with Crippen LogP contribution in [0.15, 0.2) is 153 Å². The highest BCUT2D eigenvalue weighted by Crippen LogP contribution is 2.48. The smallest absolute Gasteiger partial charge is 0.426 e. The van der Waals surface area contributed by atoms with Gasteiger partial charge in [0.15, 0.2) is 21.5 Å². The Hall–Kier alpha value is -6.91. The predicted octanol–water partition coefficient (Wildman–Crippen LogP) is 10.4. The fraction of sp³-hybridized carbons (Fsp3) is 0.